The van der Waals surface area contributed by atoms with E-state index < -0.39 is 0 Å². The van der Waals surface area contributed by atoms with Crippen molar-refractivity contribution in [3.63, 3.8) is 0 Å². The molecule has 2 aromatic rings. The molecule has 4 heteroatoms. The van der Waals surface area contributed by atoms with Crippen molar-refractivity contribution in [2.24, 2.45) is 0 Å². The zero-order valence-corrected chi connectivity index (χ0v) is 13.1. The highest BCUT2D eigenvalue weighted by Gasteiger charge is 2.17. The zero-order chi connectivity index (χ0) is 16.1. The lowest BCUT2D eigenvalue weighted by Crippen LogP contribution is -2.37. The highest BCUT2D eigenvalue weighted by molar-refractivity contribution is 5.81. The van der Waals surface area contributed by atoms with Gasteiger partial charge < -0.3 is 10.2 Å². The molecule has 0 bridgehead atoms. The Bertz CT molecular complexity index is 687. The molecule has 0 spiro atoms. The molecule has 1 aliphatic rings. The lowest BCUT2D eigenvalue weighted by Gasteiger charge is -2.24. The average Bonchev–Trinajstić information content (AvgIpc) is 2.77. The Balaban J connectivity index is 1.63. The molecule has 0 fully saturated rings. The Labute approximate surface area is 136 Å². The van der Waals surface area contributed by atoms with E-state index in [-0.39, 0.29) is 18.3 Å². The molecule has 0 aromatic heterocycles. The minimum atomic E-state index is -0.284. The molecule has 0 saturated heterocycles. The fraction of sp³-hybridized carbons (Fsp3) is 0.316. The van der Waals surface area contributed by atoms with E-state index in [1.165, 1.54) is 11.6 Å². The lowest BCUT2D eigenvalue weighted by molar-refractivity contribution is -0.119. The number of para-hydroxylation sites is 1. The summed E-state index contributed by atoms with van der Waals surface area (Å²) in [6, 6.07) is 14.8. The van der Waals surface area contributed by atoms with Crippen LogP contribution in [-0.4, -0.2) is 19.0 Å². The molecule has 1 amide bonds. The van der Waals surface area contributed by atoms with Crippen molar-refractivity contribution in [2.45, 2.75) is 25.8 Å². The molecule has 3 rings (SSSR count). The number of carbonyl (C=O) groups is 1. The molecule has 0 unspecified atom stereocenters. The van der Waals surface area contributed by atoms with Crippen molar-refractivity contribution in [1.29, 1.82) is 0 Å². The Morgan fingerprint density at radius 3 is 2.74 bits per heavy atom. The second-order valence-corrected chi connectivity index (χ2v) is 5.88. The first-order chi connectivity index (χ1) is 11.2. The van der Waals surface area contributed by atoms with Crippen LogP contribution in [0.4, 0.5) is 10.1 Å². The lowest BCUT2D eigenvalue weighted by atomic mass is 10.1. The number of hydrogen-bond donors (Lipinski definition) is 1. The molecule has 120 valence electrons. The van der Waals surface area contributed by atoms with Crippen LogP contribution in [-0.2, 0) is 17.8 Å². The van der Waals surface area contributed by atoms with Crippen LogP contribution in [0.1, 0.15) is 24.0 Å². The number of rotatable bonds is 4. The van der Waals surface area contributed by atoms with E-state index >= 15 is 0 Å². The second kappa shape index (κ2) is 7.27. The smallest absolute Gasteiger partial charge is 0.239 e. The molecule has 2 aromatic carbocycles. The molecule has 0 saturated carbocycles. The normalized spacial score (nSPS) is 14.0. The fourth-order valence-electron chi connectivity index (χ4n) is 3.00. The van der Waals surface area contributed by atoms with E-state index in [0.717, 1.165) is 31.5 Å². The molecule has 1 N–H and O–H groups in total. The van der Waals surface area contributed by atoms with Crippen LogP contribution >= 0.6 is 0 Å². The molecule has 0 radical (unpaired) electrons. The number of halogens is 1. The van der Waals surface area contributed by atoms with Crippen LogP contribution < -0.4 is 10.2 Å². The largest absolute Gasteiger partial charge is 0.362 e. The van der Waals surface area contributed by atoms with E-state index in [2.05, 4.69) is 22.3 Å². The number of aryl methyl sites for hydroxylation is 1. The molecule has 1 aliphatic heterocycles. The minimum Gasteiger partial charge on any atom is -0.362 e. The Kier molecular flexibility index (Phi) is 4.91. The summed E-state index contributed by atoms with van der Waals surface area (Å²) in [5, 5.41) is 2.82. The molecular formula is C19H21FN2O. The van der Waals surface area contributed by atoms with Gasteiger partial charge in [-0.3, -0.25) is 4.79 Å². The van der Waals surface area contributed by atoms with Crippen molar-refractivity contribution < 1.29 is 9.18 Å². The topological polar surface area (TPSA) is 32.3 Å². The molecular weight excluding hydrogens is 291 g/mol. The van der Waals surface area contributed by atoms with Gasteiger partial charge in [-0.2, -0.15) is 0 Å². The second-order valence-electron chi connectivity index (χ2n) is 5.88. The minimum absolute atomic E-state index is 0.0787. The van der Waals surface area contributed by atoms with Crippen molar-refractivity contribution in [1.82, 2.24) is 5.32 Å². The highest BCUT2D eigenvalue weighted by atomic mass is 19.1. The van der Waals surface area contributed by atoms with Gasteiger partial charge in [0.2, 0.25) is 5.91 Å². The van der Waals surface area contributed by atoms with Crippen molar-refractivity contribution in [3.05, 3.63) is 65.5 Å². The van der Waals surface area contributed by atoms with Gasteiger partial charge in [-0.05, 0) is 37.0 Å². The third-order valence-corrected chi connectivity index (χ3v) is 4.22. The SMILES string of the molecule is O=C(CN1CCCCc2ccccc21)NCc1ccccc1F. The van der Waals surface area contributed by atoms with Gasteiger partial charge in [-0.15, -0.1) is 0 Å². The zero-order valence-electron chi connectivity index (χ0n) is 13.1. The van der Waals surface area contributed by atoms with E-state index in [4.69, 9.17) is 0 Å². The summed E-state index contributed by atoms with van der Waals surface area (Å²) in [6.45, 7) is 1.41. The van der Waals surface area contributed by atoms with Gasteiger partial charge in [0.05, 0.1) is 6.54 Å². The number of anilines is 1. The van der Waals surface area contributed by atoms with Crippen LogP contribution in [0, 0.1) is 5.82 Å². The van der Waals surface area contributed by atoms with Gasteiger partial charge in [-0.1, -0.05) is 36.4 Å². The predicted molar refractivity (Wildman–Crippen MR) is 89.8 cm³/mol. The van der Waals surface area contributed by atoms with Crippen molar-refractivity contribution in [3.8, 4) is 0 Å². The fourth-order valence-corrected chi connectivity index (χ4v) is 3.00. The van der Waals surface area contributed by atoms with Crippen LogP contribution in [0.25, 0.3) is 0 Å². The van der Waals surface area contributed by atoms with Gasteiger partial charge in [0, 0.05) is 24.3 Å². The van der Waals surface area contributed by atoms with Crippen LogP contribution in [0.5, 0.6) is 0 Å². The maximum absolute atomic E-state index is 13.6. The van der Waals surface area contributed by atoms with E-state index in [9.17, 15) is 9.18 Å². The van der Waals surface area contributed by atoms with E-state index in [0.29, 0.717) is 12.1 Å². The van der Waals surface area contributed by atoms with E-state index in [1.807, 2.05) is 12.1 Å². The Morgan fingerprint density at radius 1 is 1.09 bits per heavy atom. The standard InChI is InChI=1S/C19H21FN2O/c20-17-10-3-1-9-16(17)13-21-19(23)14-22-12-6-5-8-15-7-2-4-11-18(15)22/h1-4,7,9-11H,5-6,8,12-14H2,(H,21,23). The number of nitrogens with zero attached hydrogens (tertiary/aromatic N) is 1. The molecule has 3 nitrogen and oxygen atoms in total. The summed E-state index contributed by atoms with van der Waals surface area (Å²) in [5.41, 5.74) is 2.95. The van der Waals surface area contributed by atoms with E-state index in [1.54, 1.807) is 18.2 Å². The van der Waals surface area contributed by atoms with Gasteiger partial charge in [0.15, 0.2) is 0 Å². The highest BCUT2D eigenvalue weighted by Crippen LogP contribution is 2.25. The number of hydrogen-bond acceptors (Lipinski definition) is 2. The Morgan fingerprint density at radius 2 is 1.87 bits per heavy atom. The Hall–Kier alpha value is -2.36. The summed E-state index contributed by atoms with van der Waals surface area (Å²) in [7, 11) is 0. The molecule has 0 aliphatic carbocycles. The predicted octanol–water partition coefficient (Wildman–Crippen LogP) is 3.28. The first-order valence-electron chi connectivity index (χ1n) is 8.07. The summed E-state index contributed by atoms with van der Waals surface area (Å²) in [5.74, 6) is -0.363. The van der Waals surface area contributed by atoms with Crippen molar-refractivity contribution >= 4 is 11.6 Å². The third-order valence-electron chi connectivity index (χ3n) is 4.22. The number of benzene rings is 2. The molecule has 0 atom stereocenters. The summed E-state index contributed by atoms with van der Waals surface area (Å²) in [4.78, 5) is 14.4. The number of nitrogens with one attached hydrogen (secondary N) is 1. The van der Waals surface area contributed by atoms with Crippen LogP contribution in [0.3, 0.4) is 0 Å². The maximum atomic E-state index is 13.6. The first kappa shape index (κ1) is 15.5. The van der Waals surface area contributed by atoms with Gasteiger partial charge in [0.1, 0.15) is 5.82 Å². The van der Waals surface area contributed by atoms with Crippen molar-refractivity contribution in [2.75, 3.05) is 18.0 Å². The average molecular weight is 312 g/mol. The third kappa shape index (κ3) is 3.89. The number of amides is 1. The number of fused-ring (bicyclic) bond motifs is 1. The maximum Gasteiger partial charge on any atom is 0.239 e. The number of carbonyl (C=O) groups excluding carboxylic acids is 1. The summed E-state index contributed by atoms with van der Waals surface area (Å²) in [6.07, 6.45) is 3.28. The monoisotopic (exact) mass is 312 g/mol. The van der Waals surface area contributed by atoms with Gasteiger partial charge >= 0.3 is 0 Å². The van der Waals surface area contributed by atoms with Crippen LogP contribution in [0.15, 0.2) is 48.5 Å². The summed E-state index contributed by atoms with van der Waals surface area (Å²) >= 11 is 0. The van der Waals surface area contributed by atoms with Crippen LogP contribution in [0.2, 0.25) is 0 Å². The molecule has 23 heavy (non-hydrogen) atoms. The summed E-state index contributed by atoms with van der Waals surface area (Å²) < 4.78 is 13.6. The molecule has 1 heterocycles. The quantitative estimate of drug-likeness (QED) is 0.939. The van der Waals surface area contributed by atoms with Gasteiger partial charge in [-0.25, -0.2) is 4.39 Å². The van der Waals surface area contributed by atoms with Gasteiger partial charge in [0.25, 0.3) is 0 Å². The first-order valence-corrected chi connectivity index (χ1v) is 8.07.